The lowest BCUT2D eigenvalue weighted by atomic mass is 9.92. The number of fused-ring (bicyclic) bond motifs is 1. The lowest BCUT2D eigenvalue weighted by molar-refractivity contribution is 0.344. The van der Waals surface area contributed by atoms with Gasteiger partial charge in [-0.15, -0.1) is 0 Å². The minimum atomic E-state index is -3.71. The SMILES string of the molecule is Cc1cnc2c(S(=O)(=O)NC(C)(CN)CC(C)C)cccc2c1. The molecule has 0 aliphatic rings. The van der Waals surface area contributed by atoms with Crippen molar-refractivity contribution < 1.29 is 8.42 Å². The predicted molar refractivity (Wildman–Crippen MR) is 93.7 cm³/mol. The summed E-state index contributed by atoms with van der Waals surface area (Å²) in [7, 11) is -3.71. The molecule has 0 saturated heterocycles. The van der Waals surface area contributed by atoms with E-state index in [0.717, 1.165) is 10.9 Å². The molecule has 0 saturated carbocycles. The number of aryl methyl sites for hydroxylation is 1. The summed E-state index contributed by atoms with van der Waals surface area (Å²) < 4.78 is 28.5. The molecular formula is C17H25N3O2S. The van der Waals surface area contributed by atoms with E-state index in [1.165, 1.54) is 0 Å². The molecule has 5 nitrogen and oxygen atoms in total. The molecule has 2 aromatic rings. The van der Waals surface area contributed by atoms with Crippen molar-refractivity contribution in [2.24, 2.45) is 11.7 Å². The number of benzene rings is 1. The molecule has 0 bridgehead atoms. The van der Waals surface area contributed by atoms with Crippen molar-refractivity contribution in [3.8, 4) is 0 Å². The number of hydrogen-bond acceptors (Lipinski definition) is 4. The molecule has 0 radical (unpaired) electrons. The molecule has 6 heteroatoms. The molecule has 0 spiro atoms. The van der Waals surface area contributed by atoms with Crippen LogP contribution in [0.3, 0.4) is 0 Å². The van der Waals surface area contributed by atoms with E-state index in [1.54, 1.807) is 18.3 Å². The fraction of sp³-hybridized carbons (Fsp3) is 0.471. The summed E-state index contributed by atoms with van der Waals surface area (Å²) in [6.45, 7) is 8.10. The second kappa shape index (κ2) is 6.55. The highest BCUT2D eigenvalue weighted by Crippen LogP contribution is 2.24. The Balaban J connectivity index is 2.48. The number of hydrogen-bond donors (Lipinski definition) is 2. The topological polar surface area (TPSA) is 85.1 Å². The first kappa shape index (κ1) is 17.8. The summed E-state index contributed by atoms with van der Waals surface area (Å²) in [6.07, 6.45) is 2.34. The molecule has 2 rings (SSSR count). The van der Waals surface area contributed by atoms with Gasteiger partial charge in [-0.25, -0.2) is 13.1 Å². The number of nitrogens with one attached hydrogen (secondary N) is 1. The molecule has 3 N–H and O–H groups in total. The van der Waals surface area contributed by atoms with Crippen LogP contribution in [0.5, 0.6) is 0 Å². The zero-order valence-corrected chi connectivity index (χ0v) is 14.9. The van der Waals surface area contributed by atoms with E-state index in [-0.39, 0.29) is 11.4 Å². The summed E-state index contributed by atoms with van der Waals surface area (Å²) in [6, 6.07) is 7.11. The monoisotopic (exact) mass is 335 g/mol. The number of pyridine rings is 1. The quantitative estimate of drug-likeness (QED) is 0.849. The number of para-hydroxylation sites is 1. The number of nitrogens with two attached hydrogens (primary N) is 1. The van der Waals surface area contributed by atoms with Gasteiger partial charge in [0.2, 0.25) is 10.0 Å². The van der Waals surface area contributed by atoms with Crippen LogP contribution in [-0.4, -0.2) is 25.5 Å². The van der Waals surface area contributed by atoms with Crippen LogP contribution in [-0.2, 0) is 10.0 Å². The van der Waals surface area contributed by atoms with Crippen molar-refractivity contribution in [3.63, 3.8) is 0 Å². The maximum atomic E-state index is 12.9. The van der Waals surface area contributed by atoms with Crippen LogP contribution in [0, 0.1) is 12.8 Å². The van der Waals surface area contributed by atoms with Crippen molar-refractivity contribution in [2.45, 2.75) is 44.6 Å². The van der Waals surface area contributed by atoms with Gasteiger partial charge in [-0.05, 0) is 43.9 Å². The zero-order valence-electron chi connectivity index (χ0n) is 14.1. The van der Waals surface area contributed by atoms with Gasteiger partial charge in [-0.2, -0.15) is 0 Å². The predicted octanol–water partition coefficient (Wildman–Crippen LogP) is 2.59. The Morgan fingerprint density at radius 2 is 2.04 bits per heavy atom. The van der Waals surface area contributed by atoms with E-state index >= 15 is 0 Å². The number of sulfonamides is 1. The van der Waals surface area contributed by atoms with Crippen LogP contribution < -0.4 is 10.5 Å². The van der Waals surface area contributed by atoms with Gasteiger partial charge in [0.05, 0.1) is 5.52 Å². The Morgan fingerprint density at radius 3 is 2.65 bits per heavy atom. The van der Waals surface area contributed by atoms with Gasteiger partial charge < -0.3 is 5.73 Å². The standard InChI is InChI=1S/C17H25N3O2S/c1-12(2)9-17(4,11-18)20-23(21,22)15-7-5-6-14-8-13(3)10-19-16(14)15/h5-8,10,12,20H,9,11,18H2,1-4H3. The van der Waals surface area contributed by atoms with Gasteiger partial charge in [-0.1, -0.05) is 26.0 Å². The summed E-state index contributed by atoms with van der Waals surface area (Å²) in [4.78, 5) is 4.51. The molecular weight excluding hydrogens is 310 g/mol. The van der Waals surface area contributed by atoms with E-state index in [2.05, 4.69) is 9.71 Å². The van der Waals surface area contributed by atoms with E-state index in [9.17, 15) is 8.42 Å². The molecule has 1 unspecified atom stereocenters. The van der Waals surface area contributed by atoms with Crippen molar-refractivity contribution in [3.05, 3.63) is 36.0 Å². The highest BCUT2D eigenvalue weighted by atomic mass is 32.2. The van der Waals surface area contributed by atoms with Crippen LogP contribution in [0.2, 0.25) is 0 Å². The number of rotatable bonds is 6. The highest BCUT2D eigenvalue weighted by molar-refractivity contribution is 7.89. The molecule has 0 aliphatic carbocycles. The fourth-order valence-corrected chi connectivity index (χ4v) is 4.51. The van der Waals surface area contributed by atoms with Gasteiger partial charge in [0.15, 0.2) is 0 Å². The molecule has 0 aliphatic heterocycles. The first-order valence-electron chi connectivity index (χ1n) is 7.76. The van der Waals surface area contributed by atoms with E-state index in [0.29, 0.717) is 17.9 Å². The van der Waals surface area contributed by atoms with Crippen LogP contribution in [0.15, 0.2) is 35.4 Å². The third-order valence-electron chi connectivity index (χ3n) is 3.79. The first-order chi connectivity index (χ1) is 10.7. The molecule has 1 aromatic carbocycles. The lowest BCUT2D eigenvalue weighted by Gasteiger charge is -2.30. The second-order valence-corrected chi connectivity index (χ2v) is 8.46. The average Bonchev–Trinajstić information content (AvgIpc) is 2.44. The van der Waals surface area contributed by atoms with E-state index < -0.39 is 15.6 Å². The lowest BCUT2D eigenvalue weighted by Crippen LogP contribution is -2.52. The van der Waals surface area contributed by atoms with E-state index in [1.807, 2.05) is 39.8 Å². The van der Waals surface area contributed by atoms with Crippen molar-refractivity contribution in [1.29, 1.82) is 0 Å². The number of nitrogens with zero attached hydrogens (tertiary/aromatic N) is 1. The minimum Gasteiger partial charge on any atom is -0.329 e. The maximum Gasteiger partial charge on any atom is 0.243 e. The third kappa shape index (κ3) is 4.07. The highest BCUT2D eigenvalue weighted by Gasteiger charge is 2.31. The molecule has 1 atom stereocenters. The van der Waals surface area contributed by atoms with Gasteiger partial charge in [0, 0.05) is 23.7 Å². The molecule has 0 amide bonds. The maximum absolute atomic E-state index is 12.9. The summed E-state index contributed by atoms with van der Waals surface area (Å²) in [5.74, 6) is 0.333. The average molecular weight is 335 g/mol. The third-order valence-corrected chi connectivity index (χ3v) is 5.46. The zero-order chi connectivity index (χ0) is 17.3. The Labute approximate surface area is 138 Å². The Morgan fingerprint density at radius 1 is 1.35 bits per heavy atom. The van der Waals surface area contributed by atoms with Gasteiger partial charge in [-0.3, -0.25) is 4.98 Å². The van der Waals surface area contributed by atoms with Crippen LogP contribution in [0.4, 0.5) is 0 Å². The van der Waals surface area contributed by atoms with Crippen molar-refractivity contribution in [2.75, 3.05) is 6.54 Å². The van der Waals surface area contributed by atoms with Crippen LogP contribution >= 0.6 is 0 Å². The summed E-state index contributed by atoms with van der Waals surface area (Å²) in [5, 5.41) is 0.811. The van der Waals surface area contributed by atoms with Crippen molar-refractivity contribution >= 4 is 20.9 Å². The minimum absolute atomic E-state index is 0.193. The molecule has 1 aromatic heterocycles. The van der Waals surface area contributed by atoms with E-state index in [4.69, 9.17) is 5.73 Å². The van der Waals surface area contributed by atoms with Crippen LogP contribution in [0.25, 0.3) is 10.9 Å². The first-order valence-corrected chi connectivity index (χ1v) is 9.24. The Hall–Kier alpha value is -1.50. The molecule has 23 heavy (non-hydrogen) atoms. The smallest absolute Gasteiger partial charge is 0.243 e. The second-order valence-electron chi connectivity index (χ2n) is 6.81. The molecule has 126 valence electrons. The molecule has 1 heterocycles. The Bertz CT molecular complexity index is 803. The van der Waals surface area contributed by atoms with Gasteiger partial charge in [0.25, 0.3) is 0 Å². The Kier molecular flexibility index (Phi) is 5.08. The largest absolute Gasteiger partial charge is 0.329 e. The van der Waals surface area contributed by atoms with Gasteiger partial charge in [0.1, 0.15) is 4.90 Å². The van der Waals surface area contributed by atoms with Gasteiger partial charge >= 0.3 is 0 Å². The molecule has 0 fully saturated rings. The summed E-state index contributed by atoms with van der Waals surface area (Å²) >= 11 is 0. The normalized spacial score (nSPS) is 15.0. The van der Waals surface area contributed by atoms with Crippen molar-refractivity contribution in [1.82, 2.24) is 9.71 Å². The fourth-order valence-electron chi connectivity index (χ4n) is 2.91. The number of aromatic nitrogens is 1. The summed E-state index contributed by atoms with van der Waals surface area (Å²) in [5.41, 5.74) is 6.62. The van der Waals surface area contributed by atoms with Crippen LogP contribution in [0.1, 0.15) is 32.8 Å².